The number of carbonyl (C=O) groups excluding carboxylic acids is 1. The minimum atomic E-state index is -0.927. The highest BCUT2D eigenvalue weighted by Crippen LogP contribution is 2.22. The number of nitrogens with two attached hydrogens (primary N) is 1. The molecule has 0 atom stereocenters. The van der Waals surface area contributed by atoms with Gasteiger partial charge in [0.2, 0.25) is 0 Å². The average molecular weight is 205 g/mol. The first-order valence-electron chi connectivity index (χ1n) is 4.08. The summed E-state index contributed by atoms with van der Waals surface area (Å²) in [6.45, 7) is 0. The van der Waals surface area contributed by atoms with Crippen molar-refractivity contribution in [1.82, 2.24) is 14.5 Å². The van der Waals surface area contributed by atoms with E-state index in [0.717, 1.165) is 0 Å². The second-order valence-electron chi connectivity index (χ2n) is 3.01. The highest BCUT2D eigenvalue weighted by Gasteiger charge is 2.17. The van der Waals surface area contributed by atoms with Crippen LogP contribution in [0.4, 0.5) is 5.69 Å². The fraction of sp³-hybridized carbons (Fsp3) is 0.125. The summed E-state index contributed by atoms with van der Waals surface area (Å²) in [4.78, 5) is 29.0. The molecule has 0 aliphatic rings. The number of aryl methyl sites for hydroxylation is 1. The largest absolute Gasteiger partial charge is 0.396 e. The number of fused-ring (bicyclic) bond motifs is 1. The molecule has 0 aliphatic carbocycles. The van der Waals surface area contributed by atoms with Gasteiger partial charge in [0.15, 0.2) is 5.69 Å². The Balaban J connectivity index is 2.86. The molecule has 0 saturated heterocycles. The number of carbonyl (C=O) groups is 1. The maximum absolute atomic E-state index is 11.2. The summed E-state index contributed by atoms with van der Waals surface area (Å²) in [7, 11) is 1.68. The molecule has 15 heavy (non-hydrogen) atoms. The molecule has 0 fully saturated rings. The second kappa shape index (κ2) is 3.12. The van der Waals surface area contributed by atoms with E-state index < -0.39 is 5.91 Å². The third-order valence-electron chi connectivity index (χ3n) is 2.07. The zero-order chi connectivity index (χ0) is 11.0. The van der Waals surface area contributed by atoms with E-state index >= 15 is 0 Å². The molecule has 76 valence electrons. The molecule has 2 aromatic rings. The summed E-state index contributed by atoms with van der Waals surface area (Å²) in [6.07, 6.45) is 2.78. The lowest BCUT2D eigenvalue weighted by Gasteiger charge is -1.98. The van der Waals surface area contributed by atoms with E-state index in [0.29, 0.717) is 16.7 Å². The van der Waals surface area contributed by atoms with E-state index in [1.54, 1.807) is 17.8 Å². The Hall–Kier alpha value is -2.31. The first-order chi connectivity index (χ1) is 7.15. The number of aromatic nitrogens is 3. The van der Waals surface area contributed by atoms with Crippen LogP contribution in [0.2, 0.25) is 0 Å². The summed E-state index contributed by atoms with van der Waals surface area (Å²) >= 11 is 0. The van der Waals surface area contributed by atoms with Crippen LogP contribution in [0.25, 0.3) is 11.0 Å². The van der Waals surface area contributed by atoms with Crippen molar-refractivity contribution in [3.63, 3.8) is 0 Å². The normalized spacial score (nSPS) is 10.5. The zero-order valence-electron chi connectivity index (χ0n) is 7.84. The maximum atomic E-state index is 11.2. The maximum Gasteiger partial charge on any atom is 0.337 e. The van der Waals surface area contributed by atoms with Crippen LogP contribution in [-0.2, 0) is 7.05 Å². The second-order valence-corrected chi connectivity index (χ2v) is 3.01. The molecule has 1 amide bonds. The van der Waals surface area contributed by atoms with Crippen molar-refractivity contribution in [2.75, 3.05) is 5.73 Å². The van der Waals surface area contributed by atoms with Gasteiger partial charge in [-0.05, 0) is 0 Å². The lowest BCUT2D eigenvalue weighted by Crippen LogP contribution is -2.02. The molecule has 0 unspecified atom stereocenters. The predicted octanol–water partition coefficient (Wildman–Crippen LogP) is 0.457. The van der Waals surface area contributed by atoms with Gasteiger partial charge in [0.05, 0.1) is 5.69 Å². The van der Waals surface area contributed by atoms with Gasteiger partial charge in [0.25, 0.3) is 0 Å². The van der Waals surface area contributed by atoms with Crippen molar-refractivity contribution < 1.29 is 4.79 Å². The van der Waals surface area contributed by atoms with Crippen LogP contribution < -0.4 is 5.73 Å². The summed E-state index contributed by atoms with van der Waals surface area (Å²) < 4.78 is 1.59. The first kappa shape index (κ1) is 9.25. The summed E-state index contributed by atoms with van der Waals surface area (Å²) in [5.74, 6) is -0.927. The Morgan fingerprint density at radius 2 is 2.27 bits per heavy atom. The molecular formula is C8H7N5O2. The molecule has 0 radical (unpaired) electrons. The van der Waals surface area contributed by atoms with Crippen molar-refractivity contribution in [2.24, 2.45) is 12.2 Å². The zero-order valence-corrected chi connectivity index (χ0v) is 7.84. The molecule has 7 nitrogen and oxygen atoms in total. The minimum Gasteiger partial charge on any atom is -0.396 e. The molecule has 0 spiro atoms. The number of nitroso groups, excluding NO2 is 1. The molecule has 0 bridgehead atoms. The van der Waals surface area contributed by atoms with Gasteiger partial charge < -0.3 is 10.3 Å². The lowest BCUT2D eigenvalue weighted by atomic mass is 10.3. The fourth-order valence-electron chi connectivity index (χ4n) is 1.46. The molecule has 2 heterocycles. The van der Waals surface area contributed by atoms with Crippen molar-refractivity contribution in [2.45, 2.75) is 0 Å². The number of amides is 1. The van der Waals surface area contributed by atoms with Gasteiger partial charge in [-0.3, -0.25) is 4.79 Å². The fourth-order valence-corrected chi connectivity index (χ4v) is 1.46. The summed E-state index contributed by atoms with van der Waals surface area (Å²) in [5, 5.41) is 2.33. The van der Waals surface area contributed by atoms with Crippen LogP contribution in [0, 0.1) is 4.91 Å². The van der Waals surface area contributed by atoms with Crippen LogP contribution >= 0.6 is 0 Å². The van der Waals surface area contributed by atoms with Crippen LogP contribution in [0.5, 0.6) is 0 Å². The summed E-state index contributed by atoms with van der Waals surface area (Å²) in [6, 6.07) is 0. The monoisotopic (exact) mass is 205 g/mol. The van der Waals surface area contributed by atoms with Gasteiger partial charge in [-0.15, -0.1) is 4.91 Å². The summed E-state index contributed by atoms with van der Waals surface area (Å²) in [5.41, 5.74) is 6.91. The molecule has 2 N–H and O–H groups in total. The predicted molar refractivity (Wildman–Crippen MR) is 53.0 cm³/mol. The van der Waals surface area contributed by atoms with E-state index in [4.69, 9.17) is 5.73 Å². The van der Waals surface area contributed by atoms with Crippen molar-refractivity contribution >= 4 is 22.6 Å². The van der Waals surface area contributed by atoms with Gasteiger partial charge in [0.1, 0.15) is 17.4 Å². The van der Waals surface area contributed by atoms with E-state index in [9.17, 15) is 9.70 Å². The number of hydrogen-bond donors (Lipinski definition) is 1. The van der Waals surface area contributed by atoms with E-state index in [-0.39, 0.29) is 5.69 Å². The van der Waals surface area contributed by atoms with Crippen LogP contribution in [0.15, 0.2) is 17.7 Å². The number of anilines is 1. The Morgan fingerprint density at radius 1 is 1.53 bits per heavy atom. The third-order valence-corrected chi connectivity index (χ3v) is 2.07. The Labute approximate surface area is 83.9 Å². The van der Waals surface area contributed by atoms with Crippen LogP contribution in [0.1, 0.15) is 10.5 Å². The lowest BCUT2D eigenvalue weighted by molar-refractivity contribution is 0.0997. The van der Waals surface area contributed by atoms with Gasteiger partial charge in [0, 0.05) is 18.4 Å². The molecular weight excluding hydrogens is 198 g/mol. The molecule has 2 rings (SSSR count). The van der Waals surface area contributed by atoms with E-state index in [2.05, 4.69) is 15.1 Å². The molecule has 0 saturated carbocycles. The topological polar surface area (TPSA) is 103 Å². The van der Waals surface area contributed by atoms with Gasteiger partial charge in [-0.25, -0.2) is 9.97 Å². The molecule has 0 aliphatic heterocycles. The molecule has 0 aromatic carbocycles. The van der Waals surface area contributed by atoms with E-state index in [1.165, 1.54) is 6.33 Å². The highest BCUT2D eigenvalue weighted by molar-refractivity contribution is 6.05. The first-order valence-corrected chi connectivity index (χ1v) is 4.08. The Bertz CT molecular complexity index is 559. The third kappa shape index (κ3) is 1.25. The number of nitrogens with zero attached hydrogens (tertiary/aromatic N) is 4. The van der Waals surface area contributed by atoms with Crippen molar-refractivity contribution in [3.05, 3.63) is 23.1 Å². The molecule has 2 aromatic heterocycles. The highest BCUT2D eigenvalue weighted by atomic mass is 16.3. The minimum absolute atomic E-state index is 0.0331. The quantitative estimate of drug-likeness (QED) is 0.681. The van der Waals surface area contributed by atoms with Crippen LogP contribution in [-0.4, -0.2) is 20.4 Å². The standard InChI is InChI=1S/C8H7N5O2/c1-13-2-4(9)5-7(13)6(8(14)12-15)11-3-10-5/h2-3H,9H2,1H3. The van der Waals surface area contributed by atoms with Gasteiger partial charge >= 0.3 is 5.91 Å². The number of rotatable bonds is 1. The van der Waals surface area contributed by atoms with Gasteiger partial charge in [-0.1, -0.05) is 0 Å². The average Bonchev–Trinajstić information content (AvgIpc) is 2.54. The van der Waals surface area contributed by atoms with Crippen molar-refractivity contribution in [3.8, 4) is 0 Å². The van der Waals surface area contributed by atoms with Gasteiger partial charge in [-0.2, -0.15) is 0 Å². The SMILES string of the molecule is Cn1cc(N)c2ncnc(C(=O)N=O)c21. The number of nitrogen functional groups attached to an aromatic ring is 1. The van der Waals surface area contributed by atoms with E-state index in [1.807, 2.05) is 0 Å². The Kier molecular flexibility index (Phi) is 1.93. The van der Waals surface area contributed by atoms with Crippen LogP contribution in [0.3, 0.4) is 0 Å². The smallest absolute Gasteiger partial charge is 0.337 e. The number of hydrogen-bond acceptors (Lipinski definition) is 5. The molecule has 7 heteroatoms. The Morgan fingerprint density at radius 3 is 2.93 bits per heavy atom. The van der Waals surface area contributed by atoms with Crippen molar-refractivity contribution in [1.29, 1.82) is 0 Å².